The van der Waals surface area contributed by atoms with E-state index >= 15 is 0 Å². The summed E-state index contributed by atoms with van der Waals surface area (Å²) in [7, 11) is 1.96. The number of amides is 1. The van der Waals surface area contributed by atoms with Crippen molar-refractivity contribution in [3.8, 4) is 0 Å². The van der Waals surface area contributed by atoms with Gasteiger partial charge in [0.2, 0.25) is 5.91 Å². The minimum absolute atomic E-state index is 0. The average Bonchev–Trinajstić information content (AvgIpc) is 2.95. The predicted octanol–water partition coefficient (Wildman–Crippen LogP) is 1.99. The normalized spacial score (nSPS) is 27.9. The maximum Gasteiger partial charge on any atom is 0.255 e. The lowest BCUT2D eigenvalue weighted by Crippen LogP contribution is -2.51. The number of carbonyl (C=O) groups excluding carboxylic acids is 1. The first-order valence-electron chi connectivity index (χ1n) is 10.5. The topological polar surface area (TPSA) is 57.6 Å². The Labute approximate surface area is 184 Å². The Balaban J connectivity index is 0.00000120. The Hall–Kier alpha value is -1.08. The molecule has 1 aromatic heterocycles. The van der Waals surface area contributed by atoms with Crippen LogP contribution in [0.15, 0.2) is 16.9 Å². The molecule has 162 valence electrons. The summed E-state index contributed by atoms with van der Waals surface area (Å²) in [6.07, 6.45) is 4.95. The van der Waals surface area contributed by atoms with Gasteiger partial charge in [0.25, 0.3) is 5.56 Å². The smallest absolute Gasteiger partial charge is 0.255 e. The summed E-state index contributed by atoms with van der Waals surface area (Å²) in [5.74, 6) is 1.37. The van der Waals surface area contributed by atoms with Gasteiger partial charge in [0.05, 0.1) is 0 Å². The number of piperidine rings is 2. The van der Waals surface area contributed by atoms with Gasteiger partial charge in [-0.1, -0.05) is 6.07 Å². The van der Waals surface area contributed by atoms with Gasteiger partial charge in [-0.15, -0.1) is 24.8 Å². The Morgan fingerprint density at radius 1 is 1.10 bits per heavy atom. The number of hydrogen-bond acceptors (Lipinski definition) is 4. The number of pyridine rings is 1. The van der Waals surface area contributed by atoms with Crippen molar-refractivity contribution < 1.29 is 4.79 Å². The van der Waals surface area contributed by atoms with Gasteiger partial charge in [-0.25, -0.2) is 0 Å². The maximum atomic E-state index is 13.1. The van der Waals surface area contributed by atoms with Crippen molar-refractivity contribution in [2.24, 2.45) is 5.92 Å². The van der Waals surface area contributed by atoms with Crippen LogP contribution in [0, 0.1) is 5.92 Å². The summed E-state index contributed by atoms with van der Waals surface area (Å²) in [5.41, 5.74) is 2.44. The average molecular weight is 443 g/mol. The fraction of sp³-hybridized carbons (Fsp3) is 0.714. The third-order valence-corrected chi connectivity index (χ3v) is 7.66. The van der Waals surface area contributed by atoms with Gasteiger partial charge in [-0.3, -0.25) is 14.5 Å². The quantitative estimate of drug-likeness (QED) is 0.760. The highest BCUT2D eigenvalue weighted by molar-refractivity contribution is 5.85. The van der Waals surface area contributed by atoms with E-state index in [-0.39, 0.29) is 41.8 Å². The number of rotatable bonds is 2. The summed E-state index contributed by atoms with van der Waals surface area (Å²) in [6.45, 7) is 5.56. The fourth-order valence-corrected chi connectivity index (χ4v) is 5.85. The summed E-state index contributed by atoms with van der Waals surface area (Å²) in [6, 6.07) is 4.26. The van der Waals surface area contributed by atoms with E-state index in [0.29, 0.717) is 18.3 Å². The Kier molecular flexibility index (Phi) is 6.68. The zero-order chi connectivity index (χ0) is 18.6. The summed E-state index contributed by atoms with van der Waals surface area (Å²) in [5, 5.41) is 3.51. The van der Waals surface area contributed by atoms with E-state index in [9.17, 15) is 9.59 Å². The van der Waals surface area contributed by atoms with Gasteiger partial charge < -0.3 is 14.8 Å². The lowest BCUT2D eigenvalue weighted by atomic mass is 9.84. The molecule has 4 aliphatic heterocycles. The van der Waals surface area contributed by atoms with Gasteiger partial charge in [0, 0.05) is 68.9 Å². The molecular weight excluding hydrogens is 411 g/mol. The summed E-state index contributed by atoms with van der Waals surface area (Å²) >= 11 is 0. The first-order valence-corrected chi connectivity index (χ1v) is 10.5. The standard InChI is InChI=1S/C21H30N4O2.2ClH/c1-23-19(26)4-5-21(23)6-8-24(9-7-21)14-16-2-3-18-17-10-15(11-22-12-17)13-25(18)20(16)27;;/h2-3,15,17,22H,4-14H2,1H3;2*1H/t15-,17+;;/m0../s1. The van der Waals surface area contributed by atoms with Crippen LogP contribution >= 0.6 is 24.8 Å². The molecule has 3 saturated heterocycles. The second-order valence-corrected chi connectivity index (χ2v) is 9.11. The monoisotopic (exact) mass is 442 g/mol. The number of hydrogen-bond donors (Lipinski definition) is 1. The van der Waals surface area contributed by atoms with Crippen molar-refractivity contribution in [2.75, 3.05) is 33.2 Å². The van der Waals surface area contributed by atoms with E-state index in [1.165, 1.54) is 12.1 Å². The number of likely N-dealkylation sites (tertiary alicyclic amines) is 2. The first kappa shape index (κ1) is 22.6. The predicted molar refractivity (Wildman–Crippen MR) is 118 cm³/mol. The van der Waals surface area contributed by atoms with Crippen molar-refractivity contribution in [1.29, 1.82) is 0 Å². The molecule has 8 heteroatoms. The SMILES string of the molecule is CN1C(=O)CCC12CCN(Cc1ccc3n(c1=O)C[C@@H]1CNC[C@H]3C1)CC2.Cl.Cl. The molecule has 4 aliphatic rings. The third kappa shape index (κ3) is 3.85. The van der Waals surface area contributed by atoms with Crippen molar-refractivity contribution in [1.82, 2.24) is 19.7 Å². The van der Waals surface area contributed by atoms with Crippen molar-refractivity contribution in [3.05, 3.63) is 33.7 Å². The molecule has 0 aromatic carbocycles. The fourth-order valence-electron chi connectivity index (χ4n) is 5.85. The number of fused-ring (bicyclic) bond motifs is 4. The van der Waals surface area contributed by atoms with E-state index < -0.39 is 0 Å². The summed E-state index contributed by atoms with van der Waals surface area (Å²) < 4.78 is 2.06. The van der Waals surface area contributed by atoms with Crippen LogP contribution in [0.2, 0.25) is 0 Å². The Bertz CT molecular complexity index is 819. The Morgan fingerprint density at radius 3 is 2.55 bits per heavy atom. The zero-order valence-corrected chi connectivity index (χ0v) is 18.7. The molecule has 2 bridgehead atoms. The van der Waals surface area contributed by atoms with Gasteiger partial charge in [0.1, 0.15) is 0 Å². The van der Waals surface area contributed by atoms with Crippen LogP contribution in [0.5, 0.6) is 0 Å². The van der Waals surface area contributed by atoms with Crippen LogP contribution < -0.4 is 10.9 Å². The van der Waals surface area contributed by atoms with Crippen LogP contribution in [0.1, 0.15) is 49.3 Å². The van der Waals surface area contributed by atoms with Gasteiger partial charge in [0.15, 0.2) is 0 Å². The molecule has 0 aliphatic carbocycles. The highest BCUT2D eigenvalue weighted by Gasteiger charge is 2.44. The first-order chi connectivity index (χ1) is 13.1. The van der Waals surface area contributed by atoms with Crippen molar-refractivity contribution in [2.45, 2.75) is 56.7 Å². The van der Waals surface area contributed by atoms with E-state index in [4.69, 9.17) is 0 Å². The van der Waals surface area contributed by atoms with E-state index in [0.717, 1.165) is 64.1 Å². The highest BCUT2D eigenvalue weighted by Crippen LogP contribution is 2.38. The minimum atomic E-state index is 0. The van der Waals surface area contributed by atoms with Crippen LogP contribution in [-0.2, 0) is 17.9 Å². The molecule has 1 N–H and O–H groups in total. The second kappa shape index (κ2) is 8.58. The molecule has 29 heavy (non-hydrogen) atoms. The van der Waals surface area contributed by atoms with E-state index in [1.54, 1.807) is 0 Å². The molecule has 0 saturated carbocycles. The third-order valence-electron chi connectivity index (χ3n) is 7.66. The van der Waals surface area contributed by atoms with Gasteiger partial charge in [-0.05, 0) is 44.2 Å². The van der Waals surface area contributed by atoms with E-state index in [1.807, 2.05) is 11.9 Å². The van der Waals surface area contributed by atoms with Crippen molar-refractivity contribution in [3.63, 3.8) is 0 Å². The molecule has 6 nitrogen and oxygen atoms in total. The lowest BCUT2D eigenvalue weighted by Gasteiger charge is -2.43. The molecule has 1 spiro atoms. The largest absolute Gasteiger partial charge is 0.340 e. The van der Waals surface area contributed by atoms with Crippen LogP contribution in [0.4, 0.5) is 0 Å². The van der Waals surface area contributed by atoms with Crippen LogP contribution in [0.3, 0.4) is 0 Å². The molecule has 0 radical (unpaired) electrons. The number of nitrogens with zero attached hydrogens (tertiary/aromatic N) is 3. The Morgan fingerprint density at radius 2 is 1.86 bits per heavy atom. The zero-order valence-electron chi connectivity index (χ0n) is 17.1. The molecule has 0 unspecified atom stereocenters. The van der Waals surface area contributed by atoms with Gasteiger partial charge in [-0.2, -0.15) is 0 Å². The number of halogens is 2. The molecule has 1 aromatic rings. The lowest BCUT2D eigenvalue weighted by molar-refractivity contribution is -0.130. The van der Waals surface area contributed by atoms with Crippen molar-refractivity contribution >= 4 is 30.7 Å². The minimum Gasteiger partial charge on any atom is -0.340 e. The van der Waals surface area contributed by atoms with E-state index in [2.05, 4.69) is 26.9 Å². The molecule has 5 heterocycles. The number of aromatic nitrogens is 1. The van der Waals surface area contributed by atoms with Gasteiger partial charge >= 0.3 is 0 Å². The maximum absolute atomic E-state index is 13.1. The number of nitrogens with one attached hydrogen (secondary N) is 1. The molecular formula is C21H32Cl2N4O2. The highest BCUT2D eigenvalue weighted by atomic mass is 35.5. The number of carbonyl (C=O) groups is 1. The second-order valence-electron chi connectivity index (χ2n) is 9.11. The molecule has 1 amide bonds. The summed E-state index contributed by atoms with van der Waals surface area (Å²) in [4.78, 5) is 29.5. The molecule has 3 fully saturated rings. The molecule has 5 rings (SSSR count). The van der Waals surface area contributed by atoms with Crippen LogP contribution in [-0.4, -0.2) is 59.0 Å². The van der Waals surface area contributed by atoms with Crippen LogP contribution in [0.25, 0.3) is 0 Å². The molecule has 2 atom stereocenters.